The van der Waals surface area contributed by atoms with Crippen molar-refractivity contribution < 1.29 is 14.7 Å². The summed E-state index contributed by atoms with van der Waals surface area (Å²) in [6.07, 6.45) is -0.0993. The maximum atomic E-state index is 12.7. The third-order valence-corrected chi connectivity index (χ3v) is 3.85. The average Bonchev–Trinajstić information content (AvgIpc) is 2.88. The van der Waals surface area contributed by atoms with Gasteiger partial charge in [0.05, 0.1) is 12.1 Å². The molecule has 24 heavy (non-hydrogen) atoms. The number of hydrogen-bond acceptors (Lipinski definition) is 3. The molecule has 0 unspecified atom stereocenters. The molecular weight excluding hydrogens is 330 g/mol. The van der Waals surface area contributed by atoms with E-state index >= 15 is 0 Å². The SMILES string of the molecule is Cc1cc(C(=O)N(CCC(=O)O)C(C)C)nn1-c1cccc(Cl)c1. The molecule has 0 bridgehead atoms. The van der Waals surface area contributed by atoms with Crippen molar-refractivity contribution in [1.82, 2.24) is 14.7 Å². The molecule has 128 valence electrons. The van der Waals surface area contributed by atoms with Crippen molar-refractivity contribution >= 4 is 23.5 Å². The Morgan fingerprint density at radius 2 is 2.04 bits per heavy atom. The Kier molecular flexibility index (Phi) is 5.62. The standard InChI is InChI=1S/C17H20ClN3O3/c1-11(2)20(8-7-16(22)23)17(24)15-9-12(3)21(19-15)14-6-4-5-13(18)10-14/h4-6,9-11H,7-8H2,1-3H3,(H,22,23). The molecule has 1 aromatic carbocycles. The van der Waals surface area contributed by atoms with Crippen LogP contribution in [0.25, 0.3) is 5.69 Å². The molecule has 2 rings (SSSR count). The highest BCUT2D eigenvalue weighted by Gasteiger charge is 2.23. The van der Waals surface area contributed by atoms with Gasteiger partial charge in [0.25, 0.3) is 5.91 Å². The van der Waals surface area contributed by atoms with Crippen molar-refractivity contribution in [2.24, 2.45) is 0 Å². The Labute approximate surface area is 145 Å². The number of hydrogen-bond donors (Lipinski definition) is 1. The lowest BCUT2D eigenvalue weighted by Crippen LogP contribution is -2.38. The number of benzene rings is 1. The quantitative estimate of drug-likeness (QED) is 0.869. The molecule has 0 fully saturated rings. The molecule has 1 heterocycles. The minimum absolute atomic E-state index is 0.0993. The second-order valence-corrected chi connectivity index (χ2v) is 6.24. The number of nitrogens with zero attached hydrogens (tertiary/aromatic N) is 3. The Balaban J connectivity index is 2.30. The molecule has 0 aliphatic heterocycles. The van der Waals surface area contributed by atoms with Gasteiger partial charge < -0.3 is 10.0 Å². The lowest BCUT2D eigenvalue weighted by molar-refractivity contribution is -0.137. The van der Waals surface area contributed by atoms with E-state index in [9.17, 15) is 9.59 Å². The van der Waals surface area contributed by atoms with Crippen molar-refractivity contribution in [3.05, 3.63) is 46.7 Å². The van der Waals surface area contributed by atoms with Crippen molar-refractivity contribution in [3.63, 3.8) is 0 Å². The Hall–Kier alpha value is -2.34. The molecule has 0 spiro atoms. The van der Waals surface area contributed by atoms with E-state index in [1.807, 2.05) is 32.9 Å². The number of carboxylic acids is 1. The molecule has 1 aromatic heterocycles. The van der Waals surface area contributed by atoms with Crippen molar-refractivity contribution in [3.8, 4) is 5.69 Å². The highest BCUT2D eigenvalue weighted by atomic mass is 35.5. The highest BCUT2D eigenvalue weighted by molar-refractivity contribution is 6.30. The number of carboxylic acid groups (broad SMARTS) is 1. The van der Waals surface area contributed by atoms with Crippen LogP contribution in [0.1, 0.15) is 36.5 Å². The fraction of sp³-hybridized carbons (Fsp3) is 0.353. The van der Waals surface area contributed by atoms with Crippen LogP contribution in [0.3, 0.4) is 0 Å². The zero-order valence-electron chi connectivity index (χ0n) is 13.9. The van der Waals surface area contributed by atoms with E-state index < -0.39 is 5.97 Å². The van der Waals surface area contributed by atoms with Crippen LogP contribution in [0.5, 0.6) is 0 Å². The summed E-state index contributed by atoms with van der Waals surface area (Å²) in [5.41, 5.74) is 1.84. The van der Waals surface area contributed by atoms with Gasteiger partial charge in [0, 0.05) is 23.3 Å². The van der Waals surface area contributed by atoms with E-state index in [-0.39, 0.29) is 30.6 Å². The normalized spacial score (nSPS) is 10.9. The molecule has 0 saturated heterocycles. The van der Waals surface area contributed by atoms with Crippen LogP contribution in [0.15, 0.2) is 30.3 Å². The van der Waals surface area contributed by atoms with Gasteiger partial charge in [0.15, 0.2) is 5.69 Å². The van der Waals surface area contributed by atoms with Crippen LogP contribution in [0.4, 0.5) is 0 Å². The van der Waals surface area contributed by atoms with Crippen LogP contribution in [0.2, 0.25) is 5.02 Å². The summed E-state index contributed by atoms with van der Waals surface area (Å²) >= 11 is 6.01. The van der Waals surface area contributed by atoms with E-state index in [4.69, 9.17) is 16.7 Å². The van der Waals surface area contributed by atoms with E-state index in [0.29, 0.717) is 5.02 Å². The van der Waals surface area contributed by atoms with Crippen LogP contribution < -0.4 is 0 Å². The number of rotatable bonds is 6. The lowest BCUT2D eigenvalue weighted by atomic mass is 10.2. The Morgan fingerprint density at radius 1 is 1.33 bits per heavy atom. The van der Waals surface area contributed by atoms with E-state index in [2.05, 4.69) is 5.10 Å². The van der Waals surface area contributed by atoms with Gasteiger partial charge in [0.1, 0.15) is 0 Å². The summed E-state index contributed by atoms with van der Waals surface area (Å²) in [6, 6.07) is 8.77. The summed E-state index contributed by atoms with van der Waals surface area (Å²) in [4.78, 5) is 25.0. The first-order valence-electron chi connectivity index (χ1n) is 7.65. The predicted molar refractivity (Wildman–Crippen MR) is 91.7 cm³/mol. The third kappa shape index (κ3) is 4.14. The smallest absolute Gasteiger partial charge is 0.305 e. The second kappa shape index (κ2) is 7.49. The maximum absolute atomic E-state index is 12.7. The number of halogens is 1. The van der Waals surface area contributed by atoms with Gasteiger partial charge in [-0.3, -0.25) is 9.59 Å². The van der Waals surface area contributed by atoms with Crippen LogP contribution in [-0.4, -0.2) is 44.3 Å². The number of aryl methyl sites for hydroxylation is 1. The van der Waals surface area contributed by atoms with Crippen LogP contribution in [0, 0.1) is 6.92 Å². The zero-order valence-corrected chi connectivity index (χ0v) is 14.6. The first kappa shape index (κ1) is 18.0. The fourth-order valence-corrected chi connectivity index (χ4v) is 2.59. The number of aliphatic carboxylic acids is 1. The van der Waals surface area contributed by atoms with E-state index in [1.165, 1.54) is 4.90 Å². The summed E-state index contributed by atoms with van der Waals surface area (Å²) in [6.45, 7) is 5.69. The van der Waals surface area contributed by atoms with E-state index in [0.717, 1.165) is 11.4 Å². The molecule has 2 aromatic rings. The molecule has 0 radical (unpaired) electrons. The molecule has 7 heteroatoms. The number of carbonyl (C=O) groups is 2. The summed E-state index contributed by atoms with van der Waals surface area (Å²) < 4.78 is 1.65. The van der Waals surface area contributed by atoms with Crippen LogP contribution >= 0.6 is 11.6 Å². The van der Waals surface area contributed by atoms with Gasteiger partial charge in [0.2, 0.25) is 0 Å². The summed E-state index contributed by atoms with van der Waals surface area (Å²) in [5.74, 6) is -1.22. The van der Waals surface area contributed by atoms with Gasteiger partial charge in [-0.2, -0.15) is 5.10 Å². The first-order chi connectivity index (χ1) is 11.3. The molecular formula is C17H20ClN3O3. The second-order valence-electron chi connectivity index (χ2n) is 5.80. The minimum Gasteiger partial charge on any atom is -0.481 e. The molecule has 0 atom stereocenters. The van der Waals surface area contributed by atoms with Gasteiger partial charge in [-0.05, 0) is 45.0 Å². The molecule has 0 saturated carbocycles. The van der Waals surface area contributed by atoms with Crippen LogP contribution in [-0.2, 0) is 4.79 Å². The maximum Gasteiger partial charge on any atom is 0.305 e. The lowest BCUT2D eigenvalue weighted by Gasteiger charge is -2.25. The van der Waals surface area contributed by atoms with Crippen molar-refractivity contribution in [2.45, 2.75) is 33.2 Å². The number of carbonyl (C=O) groups excluding carboxylic acids is 1. The summed E-state index contributed by atoms with van der Waals surface area (Å²) in [5, 5.41) is 13.8. The zero-order chi connectivity index (χ0) is 17.9. The summed E-state index contributed by atoms with van der Waals surface area (Å²) in [7, 11) is 0. The van der Waals surface area contributed by atoms with Gasteiger partial charge in [-0.25, -0.2) is 4.68 Å². The Morgan fingerprint density at radius 3 is 2.62 bits per heavy atom. The fourth-order valence-electron chi connectivity index (χ4n) is 2.41. The van der Waals surface area contributed by atoms with Gasteiger partial charge in [-0.1, -0.05) is 17.7 Å². The molecule has 0 aliphatic carbocycles. The molecule has 0 aliphatic rings. The molecule has 6 nitrogen and oxygen atoms in total. The first-order valence-corrected chi connectivity index (χ1v) is 8.02. The highest BCUT2D eigenvalue weighted by Crippen LogP contribution is 2.18. The van der Waals surface area contributed by atoms with Gasteiger partial charge in [-0.15, -0.1) is 0 Å². The third-order valence-electron chi connectivity index (χ3n) is 3.61. The monoisotopic (exact) mass is 349 g/mol. The molecule has 1 amide bonds. The predicted octanol–water partition coefficient (Wildman–Crippen LogP) is 3.16. The van der Waals surface area contributed by atoms with Crippen molar-refractivity contribution in [2.75, 3.05) is 6.54 Å². The Bertz CT molecular complexity index is 755. The van der Waals surface area contributed by atoms with Crippen molar-refractivity contribution in [1.29, 1.82) is 0 Å². The largest absolute Gasteiger partial charge is 0.481 e. The minimum atomic E-state index is -0.936. The van der Waals surface area contributed by atoms with E-state index in [1.54, 1.807) is 22.9 Å². The van der Waals surface area contributed by atoms with Gasteiger partial charge >= 0.3 is 5.97 Å². The molecule has 1 N–H and O–H groups in total. The average molecular weight is 350 g/mol. The topological polar surface area (TPSA) is 75.4 Å². The number of amides is 1. The number of aromatic nitrogens is 2.